The van der Waals surface area contributed by atoms with Gasteiger partial charge in [-0.2, -0.15) is 17.6 Å². The predicted octanol–water partition coefficient (Wildman–Crippen LogP) is 4.96. The topological polar surface area (TPSA) is 104 Å². The number of carbonyl (C=O) groups excluding carboxylic acids is 2. The van der Waals surface area contributed by atoms with E-state index in [1.165, 1.54) is 6.07 Å². The molecule has 212 valence electrons. The van der Waals surface area contributed by atoms with Gasteiger partial charge in [-0.3, -0.25) is 14.6 Å². The van der Waals surface area contributed by atoms with Crippen molar-refractivity contribution in [1.29, 1.82) is 0 Å². The second-order valence-electron chi connectivity index (χ2n) is 9.96. The van der Waals surface area contributed by atoms with Crippen molar-refractivity contribution < 1.29 is 49.8 Å². The number of rotatable bonds is 7. The number of alkyl halides is 5. The number of amides is 2. The molecule has 0 bridgehead atoms. The molecule has 0 spiro atoms. The normalized spacial score (nSPS) is 26.6. The first-order chi connectivity index (χ1) is 18.0. The molecule has 1 aromatic carbocycles. The smallest absolute Gasteiger partial charge is 0.417 e. The lowest BCUT2D eigenvalue weighted by molar-refractivity contribution is -0.272. The van der Waals surface area contributed by atoms with Crippen LogP contribution in [0.1, 0.15) is 48.7 Å². The lowest BCUT2D eigenvalue weighted by Crippen LogP contribution is -2.47. The van der Waals surface area contributed by atoms with Crippen LogP contribution in [0.25, 0.3) is 0 Å². The maximum atomic E-state index is 14.9. The van der Waals surface area contributed by atoms with Gasteiger partial charge in [-0.1, -0.05) is 13.0 Å². The number of aromatic nitrogens is 1. The highest BCUT2D eigenvalue weighted by molar-refractivity contribution is 5.97. The molecule has 2 aliphatic rings. The van der Waals surface area contributed by atoms with Crippen LogP contribution in [0.3, 0.4) is 0 Å². The first kappa shape index (κ1) is 28.6. The molecule has 0 unspecified atom stereocenters. The molecule has 4 rings (SSSR count). The highest BCUT2D eigenvalue weighted by atomic mass is 19.4. The number of anilines is 1. The fourth-order valence-electron chi connectivity index (χ4n) is 4.94. The second kappa shape index (κ2) is 9.96. The third-order valence-corrected chi connectivity index (χ3v) is 7.28. The Balaban J connectivity index is 1.71. The number of halogens is 7. The zero-order valence-corrected chi connectivity index (χ0v) is 20.6. The Labute approximate surface area is 217 Å². The quantitative estimate of drug-likeness (QED) is 0.464. The molecule has 3 N–H and O–H groups in total. The van der Waals surface area contributed by atoms with Crippen LogP contribution in [0.5, 0.6) is 5.75 Å². The number of hydrogen-bond acceptors (Lipinski definition) is 5. The standard InChI is InChI=1S/C25H24F7N3O4/c1-11-17(14-3-4-15(26)18(27)19(14)38-10-12-8-24(28,29)9-12)20(39-23(11,2)25(30,31)32)22(37)35-13-5-6-34-16(7-13)21(33)36/h3-7,11-12,17,20H,8-10H2,1-2H3,(H2,33,36)(H,34,35,37)/t11-,17-,20-,23-/m1/s1. The number of nitrogens with one attached hydrogen (secondary N) is 1. The summed E-state index contributed by atoms with van der Waals surface area (Å²) in [6.07, 6.45) is -6.82. The van der Waals surface area contributed by atoms with Crippen molar-refractivity contribution in [2.24, 2.45) is 17.6 Å². The monoisotopic (exact) mass is 563 g/mol. The summed E-state index contributed by atoms with van der Waals surface area (Å²) in [5, 5.41) is 2.34. The van der Waals surface area contributed by atoms with E-state index in [0.717, 1.165) is 32.2 Å². The summed E-state index contributed by atoms with van der Waals surface area (Å²) < 4.78 is 109. The van der Waals surface area contributed by atoms with Gasteiger partial charge in [0.05, 0.1) is 6.61 Å². The SMILES string of the molecule is C[C@@H]1[C@H](c2ccc(F)c(F)c2OCC2CC(F)(F)C2)[C@H](C(=O)Nc2ccnc(C(N)=O)c2)O[C@@]1(C)C(F)(F)F. The van der Waals surface area contributed by atoms with E-state index in [2.05, 4.69) is 10.3 Å². The van der Waals surface area contributed by atoms with Gasteiger partial charge in [0, 0.05) is 48.0 Å². The van der Waals surface area contributed by atoms with Crippen LogP contribution >= 0.6 is 0 Å². The van der Waals surface area contributed by atoms with Gasteiger partial charge in [0.25, 0.3) is 11.8 Å². The van der Waals surface area contributed by atoms with E-state index in [1.54, 1.807) is 0 Å². The fraction of sp³-hybridized carbons (Fsp3) is 0.480. The van der Waals surface area contributed by atoms with Crippen LogP contribution in [0.2, 0.25) is 0 Å². The summed E-state index contributed by atoms with van der Waals surface area (Å²) in [4.78, 5) is 28.4. The lowest BCUT2D eigenvalue weighted by Gasteiger charge is -2.35. The minimum atomic E-state index is -4.98. The van der Waals surface area contributed by atoms with Crippen LogP contribution in [0.15, 0.2) is 30.5 Å². The van der Waals surface area contributed by atoms with E-state index in [-0.39, 0.29) is 16.9 Å². The molecule has 4 atom stereocenters. The fourth-order valence-corrected chi connectivity index (χ4v) is 4.94. The van der Waals surface area contributed by atoms with Crippen molar-refractivity contribution in [2.75, 3.05) is 11.9 Å². The molecule has 2 fully saturated rings. The van der Waals surface area contributed by atoms with Crippen molar-refractivity contribution >= 4 is 17.5 Å². The first-order valence-electron chi connectivity index (χ1n) is 11.8. The Morgan fingerprint density at radius 2 is 1.87 bits per heavy atom. The molecule has 0 radical (unpaired) electrons. The summed E-state index contributed by atoms with van der Waals surface area (Å²) >= 11 is 0. The highest BCUT2D eigenvalue weighted by Crippen LogP contribution is 2.55. The molecular weight excluding hydrogens is 539 g/mol. The van der Waals surface area contributed by atoms with Gasteiger partial charge in [0.1, 0.15) is 11.8 Å². The van der Waals surface area contributed by atoms with Gasteiger partial charge in [-0.25, -0.2) is 13.2 Å². The van der Waals surface area contributed by atoms with Crippen LogP contribution in [-0.2, 0) is 9.53 Å². The molecular formula is C25H24F7N3O4. The first-order valence-corrected chi connectivity index (χ1v) is 11.8. The molecule has 2 aromatic rings. The summed E-state index contributed by atoms with van der Waals surface area (Å²) in [5.41, 5.74) is 1.71. The van der Waals surface area contributed by atoms with E-state index in [4.69, 9.17) is 15.2 Å². The summed E-state index contributed by atoms with van der Waals surface area (Å²) in [6.45, 7) is 1.43. The van der Waals surface area contributed by atoms with Gasteiger partial charge >= 0.3 is 6.18 Å². The number of nitrogens with two attached hydrogens (primary N) is 1. The summed E-state index contributed by atoms with van der Waals surface area (Å²) in [7, 11) is 0. The molecule has 1 saturated carbocycles. The Bertz CT molecular complexity index is 1280. The van der Waals surface area contributed by atoms with Crippen molar-refractivity contribution in [3.63, 3.8) is 0 Å². The summed E-state index contributed by atoms with van der Waals surface area (Å²) in [5.74, 6) is -12.3. The Kier molecular flexibility index (Phi) is 7.30. The molecule has 1 aromatic heterocycles. The average molecular weight is 563 g/mol. The number of carbonyl (C=O) groups is 2. The average Bonchev–Trinajstić information content (AvgIpc) is 3.10. The van der Waals surface area contributed by atoms with Gasteiger partial charge in [-0.15, -0.1) is 0 Å². The number of pyridine rings is 1. The van der Waals surface area contributed by atoms with E-state index < -0.39 is 90.2 Å². The van der Waals surface area contributed by atoms with Crippen molar-refractivity contribution in [1.82, 2.24) is 4.98 Å². The number of nitrogens with zero attached hydrogens (tertiary/aromatic N) is 1. The minimum absolute atomic E-state index is 0.0351. The zero-order valence-electron chi connectivity index (χ0n) is 20.6. The maximum Gasteiger partial charge on any atom is 0.417 e. The van der Waals surface area contributed by atoms with Gasteiger partial charge in [0.15, 0.2) is 17.2 Å². The van der Waals surface area contributed by atoms with Crippen molar-refractivity contribution in [3.8, 4) is 5.75 Å². The highest BCUT2D eigenvalue weighted by Gasteiger charge is 2.66. The van der Waals surface area contributed by atoms with Crippen LogP contribution in [0.4, 0.5) is 36.4 Å². The zero-order chi connectivity index (χ0) is 28.9. The Hall–Kier alpha value is -3.42. The number of benzene rings is 1. The number of ether oxygens (including phenoxy) is 2. The van der Waals surface area contributed by atoms with E-state index in [0.29, 0.717) is 6.07 Å². The van der Waals surface area contributed by atoms with E-state index >= 15 is 0 Å². The third kappa shape index (κ3) is 5.38. The van der Waals surface area contributed by atoms with Crippen molar-refractivity contribution in [3.05, 3.63) is 53.4 Å². The van der Waals surface area contributed by atoms with Crippen LogP contribution in [-0.4, -0.2) is 47.2 Å². The molecule has 1 saturated heterocycles. The van der Waals surface area contributed by atoms with Gasteiger partial charge in [0.2, 0.25) is 11.7 Å². The van der Waals surface area contributed by atoms with Crippen LogP contribution in [0, 0.1) is 23.5 Å². The van der Waals surface area contributed by atoms with Crippen molar-refractivity contribution in [2.45, 2.75) is 56.4 Å². The second-order valence-corrected chi connectivity index (χ2v) is 9.96. The summed E-state index contributed by atoms with van der Waals surface area (Å²) in [6, 6.07) is 3.99. The number of primary amides is 1. The molecule has 39 heavy (non-hydrogen) atoms. The molecule has 1 aliphatic heterocycles. The van der Waals surface area contributed by atoms with Gasteiger partial charge < -0.3 is 20.5 Å². The molecule has 1 aliphatic carbocycles. The van der Waals surface area contributed by atoms with Crippen LogP contribution < -0.4 is 15.8 Å². The predicted molar refractivity (Wildman–Crippen MR) is 122 cm³/mol. The molecule has 2 heterocycles. The molecule has 2 amide bonds. The van der Waals surface area contributed by atoms with E-state index in [9.17, 15) is 40.3 Å². The Morgan fingerprint density at radius 3 is 2.46 bits per heavy atom. The number of hydrogen-bond donors (Lipinski definition) is 2. The Morgan fingerprint density at radius 1 is 1.21 bits per heavy atom. The minimum Gasteiger partial charge on any atom is -0.490 e. The van der Waals surface area contributed by atoms with Gasteiger partial charge in [-0.05, 0) is 25.1 Å². The third-order valence-electron chi connectivity index (χ3n) is 7.28. The largest absolute Gasteiger partial charge is 0.490 e. The lowest BCUT2D eigenvalue weighted by atomic mass is 9.76. The maximum absolute atomic E-state index is 14.9. The van der Waals surface area contributed by atoms with E-state index in [1.807, 2.05) is 0 Å². The molecule has 14 heteroatoms. The molecule has 7 nitrogen and oxygen atoms in total.